The molecule has 0 saturated heterocycles. The fraction of sp³-hybridized carbons (Fsp3) is 1.00. The van der Waals surface area contributed by atoms with E-state index in [2.05, 4.69) is 0 Å². The smallest absolute Gasteiger partial charge is 0.303 e. The third kappa shape index (κ3) is 4.61. The summed E-state index contributed by atoms with van der Waals surface area (Å²) in [4.78, 5) is 0. The van der Waals surface area contributed by atoms with Crippen molar-refractivity contribution in [2.45, 2.75) is 19.0 Å². The molecule has 0 rings (SSSR count). The van der Waals surface area contributed by atoms with Gasteiger partial charge < -0.3 is 9.47 Å². The van der Waals surface area contributed by atoms with Crippen molar-refractivity contribution in [3.63, 3.8) is 0 Å². The minimum absolute atomic E-state index is 0.102. The molecule has 0 amide bonds. The quantitative estimate of drug-likeness (QED) is 0.395. The summed E-state index contributed by atoms with van der Waals surface area (Å²) in [6.45, 7) is 5.47. The Balaban J connectivity index is 2.92. The summed E-state index contributed by atoms with van der Waals surface area (Å²) in [6, 6.07) is 0. The second-order valence-corrected chi connectivity index (χ2v) is 2.42. The maximum absolute atomic E-state index is 5.12. The predicted molar refractivity (Wildman–Crippen MR) is 35.6 cm³/mol. The van der Waals surface area contributed by atoms with Crippen LogP contribution >= 0.6 is 0 Å². The van der Waals surface area contributed by atoms with Gasteiger partial charge in [-0.1, -0.05) is 0 Å². The Morgan fingerprint density at radius 1 is 1.25 bits per heavy atom. The van der Waals surface area contributed by atoms with Crippen LogP contribution in [0.3, 0.4) is 0 Å². The van der Waals surface area contributed by atoms with E-state index in [0.717, 1.165) is 29.5 Å². The van der Waals surface area contributed by atoms with Crippen molar-refractivity contribution in [2.75, 3.05) is 13.2 Å². The Hall–Kier alpha value is 0.452. The molecule has 0 bridgehead atoms. The van der Waals surface area contributed by atoms with Crippen molar-refractivity contribution in [1.82, 2.24) is 0 Å². The van der Waals surface area contributed by atoms with Crippen LogP contribution in [-0.4, -0.2) is 34.7 Å². The zero-order valence-electron chi connectivity index (χ0n) is 5.81. The first-order chi connectivity index (χ1) is 3.81. The van der Waals surface area contributed by atoms with Crippen molar-refractivity contribution >= 4 is 16.3 Å². The van der Waals surface area contributed by atoms with Gasteiger partial charge in [-0.05, 0) is 13.8 Å². The second-order valence-electron chi connectivity index (χ2n) is 1.48. The molecule has 3 heteroatoms. The van der Waals surface area contributed by atoms with Crippen LogP contribution in [0.2, 0.25) is 0 Å². The summed E-state index contributed by atoms with van der Waals surface area (Å²) in [5.74, 6) is 0. The summed E-state index contributed by atoms with van der Waals surface area (Å²) < 4.78 is 10.2. The lowest BCUT2D eigenvalue weighted by Gasteiger charge is -2.10. The lowest BCUT2D eigenvalue weighted by atomic mass is 10.9. The number of hydrogen-bond acceptors (Lipinski definition) is 2. The average Bonchev–Trinajstić information content (AvgIpc) is 1.68. The highest BCUT2D eigenvalue weighted by Gasteiger charge is 1.95. The molecule has 0 fully saturated rings. The molecule has 0 aliphatic rings. The normalized spacial score (nSPS) is 10.4. The number of hydrogen-bond donors (Lipinski definition) is 0. The van der Waals surface area contributed by atoms with Gasteiger partial charge in [0.25, 0.3) is 0 Å². The minimum atomic E-state index is 0.102. The highest BCUT2D eigenvalue weighted by atomic mass is 27.0. The molecule has 8 heavy (non-hydrogen) atoms. The van der Waals surface area contributed by atoms with Crippen molar-refractivity contribution < 1.29 is 9.47 Å². The number of rotatable bonds is 4. The molecule has 0 aromatic carbocycles. The van der Waals surface area contributed by atoms with Crippen molar-refractivity contribution in [3.05, 3.63) is 0 Å². The van der Waals surface area contributed by atoms with Crippen LogP contribution < -0.4 is 0 Å². The second kappa shape index (κ2) is 5.59. The molecule has 0 aliphatic carbocycles. The van der Waals surface area contributed by atoms with E-state index in [0.29, 0.717) is 0 Å². The molecule has 0 N–H and O–H groups in total. The molecule has 0 aromatic rings. The molecule has 0 unspecified atom stereocenters. The average molecular weight is 132 g/mol. The molecule has 0 atom stereocenters. The van der Waals surface area contributed by atoms with Gasteiger partial charge in [0.15, 0.2) is 0 Å². The lowest BCUT2D eigenvalue weighted by molar-refractivity contribution is -0.0801. The summed E-state index contributed by atoms with van der Waals surface area (Å²) in [5.41, 5.74) is 0. The third-order valence-corrected chi connectivity index (χ3v) is 1.47. The Kier molecular flexibility index (Phi) is 5.90. The van der Waals surface area contributed by atoms with E-state index in [1.807, 2.05) is 13.8 Å². The fourth-order valence-electron chi connectivity index (χ4n) is 0.518. The molecule has 48 valence electrons. The van der Waals surface area contributed by atoms with Crippen LogP contribution in [0.4, 0.5) is 0 Å². The molecule has 2 nitrogen and oxygen atoms in total. The summed E-state index contributed by atoms with van der Waals surface area (Å²) in [6.07, 6.45) is 0. The Morgan fingerprint density at radius 3 is 1.88 bits per heavy atom. The molecular formula is C5H13AlO2. The van der Waals surface area contributed by atoms with E-state index in [1.54, 1.807) is 0 Å². The first-order valence-corrected chi connectivity index (χ1v) is 4.20. The maximum Gasteiger partial charge on any atom is 0.303 e. The highest BCUT2D eigenvalue weighted by Crippen LogP contribution is 1.86. The van der Waals surface area contributed by atoms with Crippen molar-refractivity contribution in [3.8, 4) is 0 Å². The predicted octanol–water partition coefficient (Wildman–Crippen LogP) is -0.0239. The van der Waals surface area contributed by atoms with Crippen LogP contribution in [0.1, 0.15) is 13.8 Å². The Bertz CT molecular complexity index is 43.7. The lowest BCUT2D eigenvalue weighted by Crippen LogP contribution is -2.16. The largest absolute Gasteiger partial charge is 0.369 e. The molecular weight excluding hydrogens is 119 g/mol. The van der Waals surface area contributed by atoms with Crippen molar-refractivity contribution in [2.24, 2.45) is 0 Å². The number of ether oxygens (including phenoxy) is 2. The van der Waals surface area contributed by atoms with Crippen molar-refractivity contribution in [1.29, 1.82) is 0 Å². The van der Waals surface area contributed by atoms with E-state index in [1.165, 1.54) is 0 Å². The molecule has 0 spiro atoms. The monoisotopic (exact) mass is 132 g/mol. The van der Waals surface area contributed by atoms with E-state index in [-0.39, 0.29) is 5.15 Å². The van der Waals surface area contributed by atoms with E-state index in [9.17, 15) is 0 Å². The first-order valence-electron chi connectivity index (χ1n) is 3.04. The topological polar surface area (TPSA) is 18.5 Å². The minimum Gasteiger partial charge on any atom is -0.369 e. The zero-order valence-corrected chi connectivity index (χ0v) is 7.81. The standard InChI is InChI=1S/C5H11O2.Al.2H/c1-3-6-5-7-4-2;;;/h5H,3-4H2,1-2H3;;;. The zero-order chi connectivity index (χ0) is 6.41. The van der Waals surface area contributed by atoms with Crippen LogP contribution in [0.25, 0.3) is 0 Å². The Labute approximate surface area is 58.6 Å². The van der Waals surface area contributed by atoms with Gasteiger partial charge in [-0.15, -0.1) is 0 Å². The van der Waals surface area contributed by atoms with Crippen LogP contribution in [0.5, 0.6) is 0 Å². The summed E-state index contributed by atoms with van der Waals surface area (Å²) >= 11 is 0.964. The molecule has 0 aromatic heterocycles. The third-order valence-electron chi connectivity index (χ3n) is 0.803. The first kappa shape index (κ1) is 8.45. The molecule has 0 radical (unpaired) electrons. The van der Waals surface area contributed by atoms with Gasteiger partial charge in [0.2, 0.25) is 0 Å². The SMILES string of the molecule is CCO[CH]([AlH2])OCC. The van der Waals surface area contributed by atoms with E-state index < -0.39 is 0 Å². The molecule has 0 heterocycles. The van der Waals surface area contributed by atoms with Gasteiger partial charge in [0.05, 0.1) is 5.15 Å². The van der Waals surface area contributed by atoms with Gasteiger partial charge in [0.1, 0.15) is 0 Å². The van der Waals surface area contributed by atoms with Crippen LogP contribution in [-0.2, 0) is 9.47 Å². The highest BCUT2D eigenvalue weighted by molar-refractivity contribution is 6.09. The van der Waals surface area contributed by atoms with E-state index >= 15 is 0 Å². The maximum atomic E-state index is 5.12. The Morgan fingerprint density at radius 2 is 1.62 bits per heavy atom. The molecule has 0 aliphatic heterocycles. The van der Waals surface area contributed by atoms with Gasteiger partial charge in [0, 0.05) is 13.2 Å². The molecule has 0 saturated carbocycles. The van der Waals surface area contributed by atoms with Crippen LogP contribution in [0, 0.1) is 0 Å². The van der Waals surface area contributed by atoms with Gasteiger partial charge >= 0.3 is 16.3 Å². The summed E-state index contributed by atoms with van der Waals surface area (Å²) in [5, 5.41) is 0.102. The fourth-order valence-corrected chi connectivity index (χ4v) is 1.18. The van der Waals surface area contributed by atoms with Gasteiger partial charge in [-0.25, -0.2) is 0 Å². The summed E-state index contributed by atoms with van der Waals surface area (Å²) in [7, 11) is 0. The van der Waals surface area contributed by atoms with Gasteiger partial charge in [-0.2, -0.15) is 0 Å². The van der Waals surface area contributed by atoms with E-state index in [4.69, 9.17) is 9.47 Å². The van der Waals surface area contributed by atoms with Crippen LogP contribution in [0.15, 0.2) is 0 Å². The van der Waals surface area contributed by atoms with Gasteiger partial charge in [-0.3, -0.25) is 0 Å².